The molecule has 0 aromatic heterocycles. The maximum Gasteiger partial charge on any atom is 0.0483 e. The van der Waals surface area contributed by atoms with E-state index in [1.165, 1.54) is 0 Å². The van der Waals surface area contributed by atoms with Crippen molar-refractivity contribution in [2.24, 2.45) is 11.5 Å². The van der Waals surface area contributed by atoms with Gasteiger partial charge >= 0.3 is 0 Å². The minimum Gasteiger partial charge on any atom is -0.394 e. The van der Waals surface area contributed by atoms with E-state index in [9.17, 15) is 0 Å². The Hall–Kier alpha value is -0.160. The maximum absolute atomic E-state index is 8.06. The molecule has 0 radical (unpaired) electrons. The molecule has 70 valence electrons. The summed E-state index contributed by atoms with van der Waals surface area (Å²) < 4.78 is 0. The predicted octanol–water partition coefficient (Wildman–Crippen LogP) is -1.12. The summed E-state index contributed by atoms with van der Waals surface area (Å²) in [6.45, 7) is 6.58. The fraction of sp³-hybridized carbons (Fsp3) is 1.00. The van der Waals surface area contributed by atoms with Crippen molar-refractivity contribution in [1.82, 2.24) is 5.32 Å². The Morgan fingerprint density at radius 2 is 1.45 bits per heavy atom. The van der Waals surface area contributed by atoms with Gasteiger partial charge in [0.2, 0.25) is 0 Å². The third-order valence-corrected chi connectivity index (χ3v) is 0.642. The fourth-order valence-electron chi connectivity index (χ4n) is 0.329. The van der Waals surface area contributed by atoms with Crippen LogP contribution in [-0.4, -0.2) is 37.4 Å². The summed E-state index contributed by atoms with van der Waals surface area (Å²) in [4.78, 5) is 0. The molecule has 11 heavy (non-hydrogen) atoms. The quantitative estimate of drug-likeness (QED) is 0.396. The zero-order valence-electron chi connectivity index (χ0n) is 7.51. The minimum atomic E-state index is -0.167. The molecule has 0 rings (SSSR count). The lowest BCUT2D eigenvalue weighted by molar-refractivity contribution is 0.216. The number of aliphatic hydroxyl groups is 1. The van der Waals surface area contributed by atoms with Gasteiger partial charge in [-0.2, -0.15) is 0 Å². The van der Waals surface area contributed by atoms with E-state index in [-0.39, 0.29) is 6.10 Å². The third kappa shape index (κ3) is 41.0. The van der Waals surface area contributed by atoms with E-state index in [1.807, 2.05) is 0 Å². The first-order chi connectivity index (χ1) is 5.15. The van der Waals surface area contributed by atoms with Crippen LogP contribution in [0.1, 0.15) is 13.8 Å². The molecule has 0 amide bonds. The fourth-order valence-corrected chi connectivity index (χ4v) is 0.329. The van der Waals surface area contributed by atoms with E-state index in [4.69, 9.17) is 16.6 Å². The molecule has 0 aliphatic heterocycles. The zero-order chi connectivity index (χ0) is 9.11. The van der Waals surface area contributed by atoms with Crippen LogP contribution >= 0.6 is 0 Å². The van der Waals surface area contributed by atoms with Crippen molar-refractivity contribution in [2.45, 2.75) is 20.0 Å². The van der Waals surface area contributed by atoms with Crippen molar-refractivity contribution in [3.8, 4) is 0 Å². The minimum absolute atomic E-state index is 0.167. The molecule has 0 saturated heterocycles. The largest absolute Gasteiger partial charge is 0.394 e. The number of hydrogen-bond acceptors (Lipinski definition) is 4. The van der Waals surface area contributed by atoms with Gasteiger partial charge in [0.05, 0.1) is 0 Å². The van der Waals surface area contributed by atoms with Crippen LogP contribution in [0.4, 0.5) is 0 Å². The molecule has 0 heterocycles. The molecule has 4 heteroatoms. The van der Waals surface area contributed by atoms with Crippen LogP contribution in [0, 0.1) is 0 Å². The van der Waals surface area contributed by atoms with E-state index < -0.39 is 0 Å². The van der Waals surface area contributed by atoms with Gasteiger partial charge in [-0.3, -0.25) is 0 Å². The Morgan fingerprint density at radius 1 is 1.18 bits per heavy atom. The first-order valence-electron chi connectivity index (χ1n) is 3.94. The molecule has 6 N–H and O–H groups in total. The van der Waals surface area contributed by atoms with Crippen LogP contribution < -0.4 is 16.8 Å². The lowest BCUT2D eigenvalue weighted by Crippen LogP contribution is -2.27. The first kappa shape index (κ1) is 13.4. The molecule has 0 aliphatic rings. The van der Waals surface area contributed by atoms with Gasteiger partial charge in [-0.1, -0.05) is 0 Å². The number of rotatable bonds is 4. The van der Waals surface area contributed by atoms with E-state index in [2.05, 4.69) is 5.32 Å². The summed E-state index contributed by atoms with van der Waals surface area (Å²) in [6, 6.07) is 0. The molecule has 0 unspecified atom stereocenters. The summed E-state index contributed by atoms with van der Waals surface area (Å²) >= 11 is 0. The molecular weight excluding hydrogens is 142 g/mol. The summed E-state index contributed by atoms with van der Waals surface area (Å²) in [7, 11) is 0. The maximum atomic E-state index is 8.06. The second-order valence-corrected chi connectivity index (χ2v) is 2.42. The Morgan fingerprint density at radius 3 is 1.64 bits per heavy atom. The lowest BCUT2D eigenvalue weighted by atomic mass is 10.5. The molecule has 0 aromatic carbocycles. The highest BCUT2D eigenvalue weighted by Gasteiger charge is 1.76. The van der Waals surface area contributed by atoms with Gasteiger partial charge in [-0.05, 0) is 13.8 Å². The van der Waals surface area contributed by atoms with Crippen LogP contribution in [0.2, 0.25) is 0 Å². The van der Waals surface area contributed by atoms with E-state index in [0.29, 0.717) is 13.1 Å². The summed E-state index contributed by atoms with van der Waals surface area (Å²) in [6.07, 6.45) is -0.167. The van der Waals surface area contributed by atoms with Gasteiger partial charge in [0.15, 0.2) is 0 Å². The van der Waals surface area contributed by atoms with Gasteiger partial charge < -0.3 is 21.9 Å². The van der Waals surface area contributed by atoms with E-state index in [1.54, 1.807) is 13.8 Å². The number of aliphatic hydroxyl groups excluding tert-OH is 1. The molecule has 4 nitrogen and oxygen atoms in total. The standard InChI is InChI=1S/C4H13N3.C3H8O/c5-1-3-7-4-2-6;1-3(2)4/h7H,1-6H2;3-4H,1-2H3. The van der Waals surface area contributed by atoms with Crippen molar-refractivity contribution in [1.29, 1.82) is 0 Å². The van der Waals surface area contributed by atoms with Gasteiger partial charge in [0, 0.05) is 32.3 Å². The Balaban J connectivity index is 0. The molecule has 0 saturated carbocycles. The smallest absolute Gasteiger partial charge is 0.0483 e. The normalized spacial score (nSPS) is 9.27. The van der Waals surface area contributed by atoms with Crippen LogP contribution in [0.25, 0.3) is 0 Å². The molecule has 0 atom stereocenters. The number of hydrogen-bond donors (Lipinski definition) is 4. The van der Waals surface area contributed by atoms with Gasteiger partial charge in [0.25, 0.3) is 0 Å². The third-order valence-electron chi connectivity index (χ3n) is 0.642. The topological polar surface area (TPSA) is 84.3 Å². The average Bonchev–Trinajstić information content (AvgIpc) is 1.88. The second kappa shape index (κ2) is 12.5. The molecule has 0 bridgehead atoms. The molecule has 0 fully saturated rings. The summed E-state index contributed by atoms with van der Waals surface area (Å²) in [5.41, 5.74) is 10.3. The Kier molecular flexibility index (Phi) is 15.3. The molecule has 0 aliphatic carbocycles. The summed E-state index contributed by atoms with van der Waals surface area (Å²) in [5, 5.41) is 11.1. The highest BCUT2D eigenvalue weighted by Crippen LogP contribution is 1.65. The Bertz CT molecular complexity index is 52.9. The monoisotopic (exact) mass is 163 g/mol. The lowest BCUT2D eigenvalue weighted by Gasteiger charge is -1.95. The van der Waals surface area contributed by atoms with E-state index in [0.717, 1.165) is 13.1 Å². The van der Waals surface area contributed by atoms with Crippen LogP contribution in [0.5, 0.6) is 0 Å². The predicted molar refractivity (Wildman–Crippen MR) is 48.3 cm³/mol. The molecule has 0 aromatic rings. The van der Waals surface area contributed by atoms with Gasteiger partial charge in [-0.15, -0.1) is 0 Å². The first-order valence-corrected chi connectivity index (χ1v) is 3.94. The van der Waals surface area contributed by atoms with Crippen LogP contribution in [0.3, 0.4) is 0 Å². The van der Waals surface area contributed by atoms with Crippen molar-refractivity contribution < 1.29 is 5.11 Å². The van der Waals surface area contributed by atoms with Crippen LogP contribution in [-0.2, 0) is 0 Å². The van der Waals surface area contributed by atoms with Crippen molar-refractivity contribution in [3.05, 3.63) is 0 Å². The van der Waals surface area contributed by atoms with Crippen molar-refractivity contribution in [3.63, 3.8) is 0 Å². The van der Waals surface area contributed by atoms with Crippen molar-refractivity contribution in [2.75, 3.05) is 26.2 Å². The second-order valence-electron chi connectivity index (χ2n) is 2.42. The molecular formula is C7H21N3O. The Labute approximate surface area is 69.0 Å². The van der Waals surface area contributed by atoms with Crippen LogP contribution in [0.15, 0.2) is 0 Å². The molecule has 0 spiro atoms. The zero-order valence-corrected chi connectivity index (χ0v) is 7.51. The van der Waals surface area contributed by atoms with E-state index >= 15 is 0 Å². The average molecular weight is 163 g/mol. The number of nitrogens with one attached hydrogen (secondary N) is 1. The van der Waals surface area contributed by atoms with Gasteiger partial charge in [-0.25, -0.2) is 0 Å². The number of nitrogens with two attached hydrogens (primary N) is 2. The highest BCUT2D eigenvalue weighted by molar-refractivity contribution is 4.45. The van der Waals surface area contributed by atoms with Gasteiger partial charge in [0.1, 0.15) is 0 Å². The SMILES string of the molecule is CC(C)O.NCCNCCN. The van der Waals surface area contributed by atoms with Crippen molar-refractivity contribution >= 4 is 0 Å². The highest BCUT2D eigenvalue weighted by atomic mass is 16.3. The summed E-state index contributed by atoms with van der Waals surface area (Å²) in [5.74, 6) is 0.